The van der Waals surface area contributed by atoms with Crippen LogP contribution >= 0.6 is 0 Å². The Morgan fingerprint density at radius 2 is 2.09 bits per heavy atom. The molecule has 0 rings (SSSR count). The molecule has 0 unspecified atom stereocenters. The van der Waals surface area contributed by atoms with Crippen molar-refractivity contribution in [3.63, 3.8) is 0 Å². The van der Waals surface area contributed by atoms with E-state index in [4.69, 9.17) is 9.84 Å². The molecule has 3 heteroatoms. The molecular weight excluding hydrogens is 144 g/mol. The van der Waals surface area contributed by atoms with Crippen LogP contribution in [-0.2, 0) is 9.53 Å². The fourth-order valence-corrected chi connectivity index (χ4v) is 0.873. The van der Waals surface area contributed by atoms with Crippen LogP contribution < -0.4 is 0 Å². The monoisotopic (exact) mass is 160 g/mol. The van der Waals surface area contributed by atoms with Crippen LogP contribution in [0.15, 0.2) is 0 Å². The highest BCUT2D eigenvalue weighted by atomic mass is 16.5. The van der Waals surface area contributed by atoms with Gasteiger partial charge >= 0.3 is 5.97 Å². The lowest BCUT2D eigenvalue weighted by Crippen LogP contribution is -2.23. The van der Waals surface area contributed by atoms with Crippen LogP contribution in [0.25, 0.3) is 0 Å². The molecule has 0 bridgehead atoms. The van der Waals surface area contributed by atoms with Gasteiger partial charge in [0, 0.05) is 6.61 Å². The van der Waals surface area contributed by atoms with Crippen molar-refractivity contribution in [3.05, 3.63) is 0 Å². The van der Waals surface area contributed by atoms with Crippen LogP contribution in [-0.4, -0.2) is 23.8 Å². The van der Waals surface area contributed by atoms with Crippen molar-refractivity contribution >= 4 is 5.97 Å². The standard InChI is InChI=1S/C8H16O3/c1-4-11-7(6(2)3)5-8(9)10/h6-7H,4-5H2,1-3H3,(H,9,10)/t7-/m0/s1. The third-order valence-electron chi connectivity index (χ3n) is 1.50. The molecule has 0 aromatic heterocycles. The van der Waals surface area contributed by atoms with Crippen LogP contribution in [0.1, 0.15) is 27.2 Å². The number of rotatable bonds is 5. The molecule has 0 fully saturated rings. The lowest BCUT2D eigenvalue weighted by molar-refractivity contribution is -0.141. The lowest BCUT2D eigenvalue weighted by Gasteiger charge is -2.18. The zero-order valence-corrected chi connectivity index (χ0v) is 7.33. The van der Waals surface area contributed by atoms with Gasteiger partial charge in [0.05, 0.1) is 12.5 Å². The topological polar surface area (TPSA) is 46.5 Å². The second-order valence-electron chi connectivity index (χ2n) is 2.84. The summed E-state index contributed by atoms with van der Waals surface area (Å²) in [5.74, 6) is -0.525. The van der Waals surface area contributed by atoms with Gasteiger partial charge in [-0.2, -0.15) is 0 Å². The predicted molar refractivity (Wildman–Crippen MR) is 42.5 cm³/mol. The van der Waals surface area contributed by atoms with Gasteiger partial charge in [-0.1, -0.05) is 13.8 Å². The maximum atomic E-state index is 10.3. The van der Waals surface area contributed by atoms with E-state index >= 15 is 0 Å². The number of aliphatic carboxylic acids is 1. The van der Waals surface area contributed by atoms with Crippen LogP contribution in [0, 0.1) is 5.92 Å². The third kappa shape index (κ3) is 4.79. The molecule has 0 radical (unpaired) electrons. The Morgan fingerprint density at radius 3 is 2.36 bits per heavy atom. The van der Waals surface area contributed by atoms with Crippen LogP contribution in [0.3, 0.4) is 0 Å². The first-order chi connectivity index (χ1) is 5.07. The first kappa shape index (κ1) is 10.4. The largest absolute Gasteiger partial charge is 0.481 e. The Kier molecular flexibility index (Phi) is 4.86. The Balaban J connectivity index is 3.79. The highest BCUT2D eigenvalue weighted by Crippen LogP contribution is 2.10. The molecule has 11 heavy (non-hydrogen) atoms. The molecule has 0 aromatic rings. The first-order valence-corrected chi connectivity index (χ1v) is 3.91. The van der Waals surface area contributed by atoms with Crippen molar-refractivity contribution in [2.24, 2.45) is 5.92 Å². The number of carboxylic acids is 1. The number of ether oxygens (including phenoxy) is 1. The molecule has 1 N–H and O–H groups in total. The predicted octanol–water partition coefficient (Wildman–Crippen LogP) is 1.52. The molecule has 66 valence electrons. The molecule has 0 aliphatic rings. The molecule has 0 amide bonds. The van der Waals surface area contributed by atoms with Gasteiger partial charge in [-0.05, 0) is 12.8 Å². The van der Waals surface area contributed by atoms with E-state index in [0.717, 1.165) is 0 Å². The highest BCUT2D eigenvalue weighted by molar-refractivity contribution is 5.67. The zero-order valence-electron chi connectivity index (χ0n) is 7.33. The Bertz CT molecular complexity index is 121. The van der Waals surface area contributed by atoms with Crippen LogP contribution in [0.4, 0.5) is 0 Å². The normalized spacial score (nSPS) is 13.5. The van der Waals surface area contributed by atoms with E-state index in [9.17, 15) is 4.79 Å². The maximum Gasteiger partial charge on any atom is 0.305 e. The second-order valence-corrected chi connectivity index (χ2v) is 2.84. The summed E-state index contributed by atoms with van der Waals surface area (Å²) in [6, 6.07) is 0. The van der Waals surface area contributed by atoms with Crippen molar-refractivity contribution in [1.29, 1.82) is 0 Å². The summed E-state index contributed by atoms with van der Waals surface area (Å²) in [5.41, 5.74) is 0. The summed E-state index contributed by atoms with van der Waals surface area (Å²) in [4.78, 5) is 10.3. The van der Waals surface area contributed by atoms with Crippen molar-refractivity contribution in [3.8, 4) is 0 Å². The second kappa shape index (κ2) is 5.13. The van der Waals surface area contributed by atoms with Gasteiger partial charge in [-0.3, -0.25) is 4.79 Å². The van der Waals surface area contributed by atoms with E-state index in [1.807, 2.05) is 20.8 Å². The van der Waals surface area contributed by atoms with E-state index in [2.05, 4.69) is 0 Å². The van der Waals surface area contributed by atoms with Gasteiger partial charge in [0.1, 0.15) is 0 Å². The van der Waals surface area contributed by atoms with Gasteiger partial charge in [0.25, 0.3) is 0 Å². The average molecular weight is 160 g/mol. The Morgan fingerprint density at radius 1 is 1.55 bits per heavy atom. The van der Waals surface area contributed by atoms with Crippen molar-refractivity contribution < 1.29 is 14.6 Å². The molecular formula is C8H16O3. The zero-order chi connectivity index (χ0) is 8.85. The first-order valence-electron chi connectivity index (χ1n) is 3.91. The minimum atomic E-state index is -0.794. The summed E-state index contributed by atoms with van der Waals surface area (Å²) in [6.45, 7) is 6.37. The van der Waals surface area contributed by atoms with E-state index in [-0.39, 0.29) is 18.4 Å². The molecule has 1 atom stereocenters. The van der Waals surface area contributed by atoms with Gasteiger partial charge in [-0.25, -0.2) is 0 Å². The summed E-state index contributed by atoms with van der Waals surface area (Å²) in [5, 5.41) is 8.48. The number of carboxylic acid groups (broad SMARTS) is 1. The number of hydrogen-bond donors (Lipinski definition) is 1. The number of carbonyl (C=O) groups is 1. The van der Waals surface area contributed by atoms with Crippen LogP contribution in [0.2, 0.25) is 0 Å². The van der Waals surface area contributed by atoms with E-state index in [0.29, 0.717) is 6.61 Å². The summed E-state index contributed by atoms with van der Waals surface area (Å²) >= 11 is 0. The number of hydrogen-bond acceptors (Lipinski definition) is 2. The fraction of sp³-hybridized carbons (Fsp3) is 0.875. The smallest absolute Gasteiger partial charge is 0.305 e. The molecule has 0 heterocycles. The van der Waals surface area contributed by atoms with Gasteiger partial charge in [-0.15, -0.1) is 0 Å². The van der Waals surface area contributed by atoms with Gasteiger partial charge < -0.3 is 9.84 Å². The lowest BCUT2D eigenvalue weighted by atomic mass is 10.0. The third-order valence-corrected chi connectivity index (χ3v) is 1.50. The quantitative estimate of drug-likeness (QED) is 0.663. The fourth-order valence-electron chi connectivity index (χ4n) is 0.873. The Labute approximate surface area is 67.4 Å². The Hall–Kier alpha value is -0.570. The summed E-state index contributed by atoms with van der Waals surface area (Å²) in [7, 11) is 0. The van der Waals surface area contributed by atoms with Gasteiger partial charge in [0.2, 0.25) is 0 Å². The molecule has 0 spiro atoms. The average Bonchev–Trinajstić information content (AvgIpc) is 1.86. The molecule has 3 nitrogen and oxygen atoms in total. The minimum Gasteiger partial charge on any atom is -0.481 e. The molecule has 0 aliphatic carbocycles. The molecule has 0 aromatic carbocycles. The molecule has 0 saturated carbocycles. The highest BCUT2D eigenvalue weighted by Gasteiger charge is 2.16. The van der Waals surface area contributed by atoms with Crippen molar-refractivity contribution in [2.45, 2.75) is 33.3 Å². The maximum absolute atomic E-state index is 10.3. The summed E-state index contributed by atoms with van der Waals surface area (Å²) in [6.07, 6.45) is -0.0385. The van der Waals surface area contributed by atoms with Crippen molar-refractivity contribution in [1.82, 2.24) is 0 Å². The van der Waals surface area contributed by atoms with E-state index in [1.54, 1.807) is 0 Å². The summed E-state index contributed by atoms with van der Waals surface area (Å²) < 4.78 is 5.23. The minimum absolute atomic E-state index is 0.103. The molecule has 0 saturated heterocycles. The van der Waals surface area contributed by atoms with Gasteiger partial charge in [0.15, 0.2) is 0 Å². The molecule has 0 aliphatic heterocycles. The van der Waals surface area contributed by atoms with E-state index < -0.39 is 5.97 Å². The van der Waals surface area contributed by atoms with E-state index in [1.165, 1.54) is 0 Å². The SMILES string of the molecule is CCO[C@@H](CC(=O)O)C(C)C. The van der Waals surface area contributed by atoms with Crippen LogP contribution in [0.5, 0.6) is 0 Å². The van der Waals surface area contributed by atoms with Crippen molar-refractivity contribution in [2.75, 3.05) is 6.61 Å².